The highest BCUT2D eigenvalue weighted by Gasteiger charge is 2.39. The van der Waals surface area contributed by atoms with Gasteiger partial charge in [0.1, 0.15) is 0 Å². The van der Waals surface area contributed by atoms with Gasteiger partial charge in [-0.1, -0.05) is 0 Å². The molecule has 4 heteroatoms. The van der Waals surface area contributed by atoms with Gasteiger partial charge in [0.15, 0.2) is 13.9 Å². The van der Waals surface area contributed by atoms with E-state index in [1.54, 1.807) is 0 Å². The molecule has 1 saturated heterocycles. The largest absolute Gasteiger partial charge is 0.399 e. The first kappa shape index (κ1) is 10.1. The summed E-state index contributed by atoms with van der Waals surface area (Å²) in [5.74, 6) is 1.92. The number of nitriles is 1. The lowest BCUT2D eigenvalue weighted by atomic mass is 10.1. The van der Waals surface area contributed by atoms with Crippen LogP contribution in [0, 0.1) is 11.3 Å². The molecule has 1 atom stereocenters. The number of thioether (sulfide) groups is 1. The fourth-order valence-corrected chi connectivity index (χ4v) is 4.04. The highest BCUT2D eigenvalue weighted by molar-refractivity contribution is 7.99. The van der Waals surface area contributed by atoms with Crippen molar-refractivity contribution in [3.05, 3.63) is 0 Å². The monoisotopic (exact) mass is 201 g/mol. The summed E-state index contributed by atoms with van der Waals surface area (Å²) in [5, 5.41) is 9.01. The van der Waals surface area contributed by atoms with Crippen molar-refractivity contribution in [2.45, 2.75) is 31.7 Å². The summed E-state index contributed by atoms with van der Waals surface area (Å²) in [6, 6.07) is 2.33. The summed E-state index contributed by atoms with van der Waals surface area (Å²) in [6.07, 6.45) is 0.901. The predicted molar refractivity (Wildman–Crippen MR) is 54.7 cm³/mol. The Morgan fingerprint density at radius 3 is 2.50 bits per heavy atom. The highest BCUT2D eigenvalue weighted by atomic mass is 32.2. The Morgan fingerprint density at radius 2 is 2.17 bits per heavy atom. The Hall–Kier alpha value is 0.0169. The average Bonchev–Trinajstić information content (AvgIpc) is 2.34. The summed E-state index contributed by atoms with van der Waals surface area (Å²) in [6.45, 7) is 6.40. The second-order valence-corrected chi connectivity index (χ2v) is 9.66. The normalized spacial score (nSPS) is 30.2. The van der Waals surface area contributed by atoms with E-state index in [0.717, 1.165) is 17.9 Å². The summed E-state index contributed by atoms with van der Waals surface area (Å²) in [4.78, 5) is 0. The molecule has 0 bridgehead atoms. The quantitative estimate of drug-likeness (QED) is 0.642. The molecule has 0 N–H and O–H groups in total. The number of nitrogens with zero attached hydrogens (tertiary/aromatic N) is 1. The molecule has 0 aromatic carbocycles. The molecule has 1 heterocycles. The summed E-state index contributed by atoms with van der Waals surface area (Å²) in [7, 11) is -1.55. The van der Waals surface area contributed by atoms with Gasteiger partial charge in [-0.05, 0) is 31.8 Å². The zero-order valence-electron chi connectivity index (χ0n) is 7.89. The van der Waals surface area contributed by atoms with Crippen molar-refractivity contribution in [2.24, 2.45) is 0 Å². The highest BCUT2D eigenvalue weighted by Crippen LogP contribution is 2.33. The summed E-state index contributed by atoms with van der Waals surface area (Å²) >= 11 is 1.82. The molecule has 12 heavy (non-hydrogen) atoms. The maximum Gasteiger partial charge on any atom is 0.185 e. The van der Waals surface area contributed by atoms with Crippen LogP contribution in [0.2, 0.25) is 19.6 Å². The van der Waals surface area contributed by atoms with Gasteiger partial charge in [-0.2, -0.15) is 17.0 Å². The topological polar surface area (TPSA) is 33.0 Å². The lowest BCUT2D eigenvalue weighted by Gasteiger charge is -2.29. The van der Waals surface area contributed by atoms with E-state index in [0.29, 0.717) is 0 Å². The van der Waals surface area contributed by atoms with Crippen LogP contribution in [0.3, 0.4) is 0 Å². The molecule has 1 aliphatic heterocycles. The molecule has 2 nitrogen and oxygen atoms in total. The van der Waals surface area contributed by atoms with Gasteiger partial charge in [0.05, 0.1) is 6.07 Å². The zero-order valence-corrected chi connectivity index (χ0v) is 9.70. The molecule has 1 rings (SSSR count). The maximum atomic E-state index is 9.01. The molecule has 1 fully saturated rings. The van der Waals surface area contributed by atoms with Gasteiger partial charge in [-0.25, -0.2) is 0 Å². The van der Waals surface area contributed by atoms with Crippen LogP contribution in [-0.4, -0.2) is 25.4 Å². The smallest absolute Gasteiger partial charge is 0.185 e. The Kier molecular flexibility index (Phi) is 2.87. The van der Waals surface area contributed by atoms with Crippen LogP contribution < -0.4 is 0 Å². The van der Waals surface area contributed by atoms with E-state index < -0.39 is 13.9 Å². The number of hydrogen-bond donors (Lipinski definition) is 0. The van der Waals surface area contributed by atoms with E-state index in [4.69, 9.17) is 9.69 Å². The molecule has 1 unspecified atom stereocenters. The van der Waals surface area contributed by atoms with Crippen molar-refractivity contribution in [3.8, 4) is 6.07 Å². The lowest BCUT2D eigenvalue weighted by Crippen LogP contribution is -2.41. The van der Waals surface area contributed by atoms with E-state index in [-0.39, 0.29) is 0 Å². The Morgan fingerprint density at radius 1 is 1.50 bits per heavy atom. The van der Waals surface area contributed by atoms with Gasteiger partial charge in [0, 0.05) is 5.75 Å². The third-order valence-corrected chi connectivity index (χ3v) is 3.86. The van der Waals surface area contributed by atoms with Crippen LogP contribution in [0.4, 0.5) is 0 Å². The lowest BCUT2D eigenvalue weighted by molar-refractivity contribution is 0.148. The van der Waals surface area contributed by atoms with Gasteiger partial charge in [-0.15, -0.1) is 0 Å². The molecule has 0 aliphatic carbocycles. The van der Waals surface area contributed by atoms with Crippen molar-refractivity contribution >= 4 is 20.1 Å². The third-order valence-electron chi connectivity index (χ3n) is 1.69. The molecule has 0 aromatic rings. The standard InChI is InChI=1S/C8H15NOSSi/c1-12(2,3)10-8(6-9)4-5-11-7-8/h4-5,7H2,1-3H3. The average molecular weight is 201 g/mol. The minimum absolute atomic E-state index is 0.449. The molecule has 0 spiro atoms. The molecular weight excluding hydrogens is 186 g/mol. The van der Waals surface area contributed by atoms with Gasteiger partial charge in [0.25, 0.3) is 0 Å². The molecule has 0 aromatic heterocycles. The van der Waals surface area contributed by atoms with Gasteiger partial charge in [0.2, 0.25) is 0 Å². The van der Waals surface area contributed by atoms with E-state index in [2.05, 4.69) is 25.7 Å². The van der Waals surface area contributed by atoms with Crippen molar-refractivity contribution in [1.82, 2.24) is 0 Å². The SMILES string of the molecule is C[Si](C)(C)OC1(C#N)CCSC1. The Balaban J connectivity index is 2.64. The number of hydrogen-bond acceptors (Lipinski definition) is 3. The van der Waals surface area contributed by atoms with Gasteiger partial charge >= 0.3 is 0 Å². The minimum atomic E-state index is -1.55. The van der Waals surface area contributed by atoms with Crippen LogP contribution in [0.5, 0.6) is 0 Å². The van der Waals surface area contributed by atoms with Gasteiger partial charge in [-0.3, -0.25) is 0 Å². The third kappa shape index (κ3) is 2.51. The molecule has 68 valence electrons. The first-order chi connectivity index (χ1) is 5.47. The Bertz CT molecular complexity index is 200. The van der Waals surface area contributed by atoms with Crippen molar-refractivity contribution in [1.29, 1.82) is 5.26 Å². The van der Waals surface area contributed by atoms with Crippen molar-refractivity contribution in [2.75, 3.05) is 11.5 Å². The maximum absolute atomic E-state index is 9.01. The van der Waals surface area contributed by atoms with E-state index in [9.17, 15) is 0 Å². The molecule has 1 aliphatic rings. The van der Waals surface area contributed by atoms with Crippen LogP contribution in [-0.2, 0) is 4.43 Å². The molecular formula is C8H15NOSSi. The second kappa shape index (κ2) is 3.41. The first-order valence-corrected chi connectivity index (χ1v) is 8.73. The second-order valence-electron chi connectivity index (χ2n) is 4.12. The van der Waals surface area contributed by atoms with Crippen LogP contribution >= 0.6 is 11.8 Å². The van der Waals surface area contributed by atoms with Crippen LogP contribution in [0.25, 0.3) is 0 Å². The zero-order chi connectivity index (χ0) is 9.24. The predicted octanol–water partition coefficient (Wildman–Crippen LogP) is 2.24. The number of rotatable bonds is 2. The summed E-state index contributed by atoms with van der Waals surface area (Å²) in [5.41, 5.74) is -0.449. The van der Waals surface area contributed by atoms with E-state index >= 15 is 0 Å². The summed E-state index contributed by atoms with van der Waals surface area (Å²) < 4.78 is 5.89. The molecule has 0 radical (unpaired) electrons. The van der Waals surface area contributed by atoms with Crippen LogP contribution in [0.15, 0.2) is 0 Å². The molecule has 0 amide bonds. The fraction of sp³-hybridized carbons (Fsp3) is 0.875. The van der Waals surface area contributed by atoms with Gasteiger partial charge < -0.3 is 4.43 Å². The van der Waals surface area contributed by atoms with E-state index in [1.165, 1.54) is 0 Å². The van der Waals surface area contributed by atoms with Crippen LogP contribution in [0.1, 0.15) is 6.42 Å². The first-order valence-electron chi connectivity index (χ1n) is 4.17. The van der Waals surface area contributed by atoms with Crippen molar-refractivity contribution < 1.29 is 4.43 Å². The van der Waals surface area contributed by atoms with Crippen molar-refractivity contribution in [3.63, 3.8) is 0 Å². The molecule has 0 saturated carbocycles. The fourth-order valence-electron chi connectivity index (χ4n) is 1.32. The Labute approximate surface area is 79.4 Å². The minimum Gasteiger partial charge on any atom is -0.399 e. The van der Waals surface area contributed by atoms with E-state index in [1.807, 2.05) is 11.8 Å².